The second-order valence-corrected chi connectivity index (χ2v) is 10.8. The minimum atomic E-state index is -1.01. The van der Waals surface area contributed by atoms with E-state index in [1.54, 1.807) is 26.0 Å². The van der Waals surface area contributed by atoms with Gasteiger partial charge in [0.25, 0.3) is 0 Å². The Balaban J connectivity index is 0.00000267. The van der Waals surface area contributed by atoms with Crippen LogP contribution in [0.25, 0.3) is 0 Å². The van der Waals surface area contributed by atoms with Crippen LogP contribution in [0, 0.1) is 5.92 Å². The van der Waals surface area contributed by atoms with Gasteiger partial charge in [-0.15, -0.1) is 12.4 Å². The molecule has 0 aliphatic carbocycles. The molecule has 5 N–H and O–H groups in total. The molecule has 6 nitrogen and oxygen atoms in total. The number of carboxylic acid groups (broad SMARTS) is 1. The van der Waals surface area contributed by atoms with Gasteiger partial charge in [-0.3, -0.25) is 4.79 Å². The maximum absolute atomic E-state index is 12.1. The van der Waals surface area contributed by atoms with Gasteiger partial charge in [0.1, 0.15) is 5.60 Å². The number of aliphatic hydroxyl groups excluding tert-OH is 1. The van der Waals surface area contributed by atoms with Gasteiger partial charge in [-0.25, -0.2) is 0 Å². The topological polar surface area (TPSA) is 112 Å². The van der Waals surface area contributed by atoms with Crippen molar-refractivity contribution in [3.05, 3.63) is 107 Å². The highest BCUT2D eigenvalue weighted by atomic mass is 35.5. The van der Waals surface area contributed by atoms with Gasteiger partial charge in [-0.05, 0) is 87.3 Å². The van der Waals surface area contributed by atoms with Gasteiger partial charge in [0.15, 0.2) is 0 Å². The Kier molecular flexibility index (Phi) is 11.7. The molecule has 39 heavy (non-hydrogen) atoms. The van der Waals surface area contributed by atoms with E-state index >= 15 is 0 Å². The van der Waals surface area contributed by atoms with E-state index in [1.165, 1.54) is 0 Å². The first-order valence-electron chi connectivity index (χ1n) is 13.3. The summed E-state index contributed by atoms with van der Waals surface area (Å²) in [7, 11) is 0. The standard InChI is InChI=1S/C32H39NO4.ClH.H2O/c1-31(2,30(35)36)25-17-15-24(16-18-25)29(34)14-9-21-33-22-19-28(20-23-33)32(37,26-10-5-3-6-11-26)27-12-7-4-8-13-27;;/h3-8,10-13,15-18,28-29,34,37H,9,14,19-23H2,1-2H3,(H,35,36);1H;1H2. The number of piperidine rings is 1. The third-order valence-corrected chi connectivity index (χ3v) is 8.11. The van der Waals surface area contributed by atoms with Crippen molar-refractivity contribution in [2.24, 2.45) is 5.92 Å². The van der Waals surface area contributed by atoms with Crippen molar-refractivity contribution < 1.29 is 25.6 Å². The summed E-state index contributed by atoms with van der Waals surface area (Å²) in [5.74, 6) is -0.733. The fraction of sp³-hybridized carbons (Fsp3) is 0.406. The zero-order valence-corrected chi connectivity index (χ0v) is 23.6. The number of carbonyl (C=O) groups is 1. The molecule has 1 aliphatic rings. The molecule has 0 spiro atoms. The number of rotatable bonds is 10. The van der Waals surface area contributed by atoms with Crippen LogP contribution in [0.3, 0.4) is 0 Å². The van der Waals surface area contributed by atoms with Crippen LogP contribution in [-0.2, 0) is 15.8 Å². The second kappa shape index (κ2) is 14.1. The zero-order valence-electron chi connectivity index (χ0n) is 22.8. The quantitative estimate of drug-likeness (QED) is 0.322. The maximum Gasteiger partial charge on any atom is 0.313 e. The van der Waals surface area contributed by atoms with Crippen LogP contribution in [0.4, 0.5) is 0 Å². The molecule has 0 amide bonds. The van der Waals surface area contributed by atoms with E-state index < -0.39 is 23.1 Å². The van der Waals surface area contributed by atoms with Crippen LogP contribution in [0.15, 0.2) is 84.9 Å². The van der Waals surface area contributed by atoms with Crippen molar-refractivity contribution >= 4 is 18.4 Å². The number of likely N-dealkylation sites (tertiary alicyclic amines) is 1. The van der Waals surface area contributed by atoms with Gasteiger partial charge in [0.05, 0.1) is 11.5 Å². The highest BCUT2D eigenvalue weighted by molar-refractivity contribution is 5.85. The monoisotopic (exact) mass is 555 g/mol. The number of hydrogen-bond donors (Lipinski definition) is 3. The maximum atomic E-state index is 12.1. The van der Waals surface area contributed by atoms with E-state index in [9.17, 15) is 20.1 Å². The first-order valence-corrected chi connectivity index (χ1v) is 13.3. The molecule has 1 heterocycles. The number of aliphatic carboxylic acids is 1. The Morgan fingerprint density at radius 2 is 1.36 bits per heavy atom. The van der Waals surface area contributed by atoms with Gasteiger partial charge < -0.3 is 25.7 Å². The zero-order chi connectivity index (χ0) is 26.5. The van der Waals surface area contributed by atoms with Gasteiger partial charge in [0.2, 0.25) is 0 Å². The van der Waals surface area contributed by atoms with Crippen LogP contribution < -0.4 is 0 Å². The number of halogens is 1. The number of hydrogen-bond acceptors (Lipinski definition) is 4. The second-order valence-electron chi connectivity index (χ2n) is 10.8. The van der Waals surface area contributed by atoms with Crippen molar-refractivity contribution in [1.82, 2.24) is 4.90 Å². The summed E-state index contributed by atoms with van der Waals surface area (Å²) in [6, 6.07) is 27.3. The van der Waals surface area contributed by atoms with Gasteiger partial charge >= 0.3 is 5.97 Å². The number of carboxylic acids is 1. The third kappa shape index (κ3) is 7.27. The summed E-state index contributed by atoms with van der Waals surface area (Å²) in [5.41, 5.74) is 1.47. The fourth-order valence-corrected chi connectivity index (χ4v) is 5.52. The van der Waals surface area contributed by atoms with Crippen molar-refractivity contribution in [1.29, 1.82) is 0 Å². The third-order valence-electron chi connectivity index (χ3n) is 8.11. The molecule has 1 aliphatic heterocycles. The van der Waals surface area contributed by atoms with Gasteiger partial charge in [-0.2, -0.15) is 0 Å². The lowest BCUT2D eigenvalue weighted by atomic mass is 9.72. The minimum absolute atomic E-state index is 0. The molecule has 0 aromatic heterocycles. The highest BCUT2D eigenvalue weighted by Gasteiger charge is 2.41. The number of aliphatic hydroxyl groups is 2. The minimum Gasteiger partial charge on any atom is -0.481 e. The molecular formula is C32H42ClNO5. The Hall–Kier alpha value is -2.74. The summed E-state index contributed by atoms with van der Waals surface area (Å²) in [6.45, 7) is 6.11. The molecule has 7 heteroatoms. The van der Waals surface area contributed by atoms with Gasteiger partial charge in [0, 0.05) is 0 Å². The van der Waals surface area contributed by atoms with Crippen LogP contribution >= 0.6 is 12.4 Å². The van der Waals surface area contributed by atoms with Crippen LogP contribution in [0.5, 0.6) is 0 Å². The summed E-state index contributed by atoms with van der Waals surface area (Å²) >= 11 is 0. The van der Waals surface area contributed by atoms with Crippen molar-refractivity contribution in [2.45, 2.75) is 56.7 Å². The Bertz CT molecular complexity index is 1110. The average molecular weight is 556 g/mol. The molecule has 4 rings (SSSR count). The lowest BCUT2D eigenvalue weighted by molar-refractivity contribution is -0.142. The molecule has 0 saturated carbocycles. The highest BCUT2D eigenvalue weighted by Crippen LogP contribution is 2.42. The molecule has 1 saturated heterocycles. The molecule has 3 aromatic rings. The SMILES string of the molecule is CC(C)(C(=O)O)c1ccc(C(O)CCCN2CCC(C(O)(c3ccccc3)c3ccccc3)CC2)cc1.Cl.O. The molecule has 1 unspecified atom stereocenters. The summed E-state index contributed by atoms with van der Waals surface area (Å²) in [5, 5.41) is 32.2. The average Bonchev–Trinajstić information content (AvgIpc) is 2.94. The summed E-state index contributed by atoms with van der Waals surface area (Å²) in [6.07, 6.45) is 2.77. The molecule has 0 bridgehead atoms. The lowest BCUT2D eigenvalue weighted by Gasteiger charge is -2.42. The van der Waals surface area contributed by atoms with E-state index in [-0.39, 0.29) is 23.8 Å². The van der Waals surface area contributed by atoms with Crippen LogP contribution in [0.2, 0.25) is 0 Å². The van der Waals surface area contributed by atoms with Crippen LogP contribution in [0.1, 0.15) is 67.9 Å². The molecule has 1 atom stereocenters. The van der Waals surface area contributed by atoms with Crippen molar-refractivity contribution in [3.63, 3.8) is 0 Å². The van der Waals surface area contributed by atoms with Crippen LogP contribution in [-0.4, -0.2) is 51.3 Å². The van der Waals surface area contributed by atoms with E-state index in [2.05, 4.69) is 4.90 Å². The fourth-order valence-electron chi connectivity index (χ4n) is 5.52. The van der Waals surface area contributed by atoms with E-state index in [4.69, 9.17) is 0 Å². The van der Waals surface area contributed by atoms with Crippen molar-refractivity contribution in [3.8, 4) is 0 Å². The Labute approximate surface area is 238 Å². The first kappa shape index (κ1) is 32.5. The molecule has 3 aromatic carbocycles. The smallest absolute Gasteiger partial charge is 0.313 e. The lowest BCUT2D eigenvalue weighted by Crippen LogP contribution is -2.44. The van der Waals surface area contributed by atoms with E-state index in [0.717, 1.165) is 61.2 Å². The Morgan fingerprint density at radius 3 is 1.82 bits per heavy atom. The Morgan fingerprint density at radius 1 is 0.872 bits per heavy atom. The summed E-state index contributed by atoms with van der Waals surface area (Å²) < 4.78 is 0. The summed E-state index contributed by atoms with van der Waals surface area (Å²) in [4.78, 5) is 13.9. The number of benzene rings is 3. The van der Waals surface area contributed by atoms with Crippen molar-refractivity contribution in [2.75, 3.05) is 19.6 Å². The van der Waals surface area contributed by atoms with E-state index in [0.29, 0.717) is 6.42 Å². The molecule has 212 valence electrons. The van der Waals surface area contributed by atoms with Gasteiger partial charge in [-0.1, -0.05) is 84.9 Å². The predicted octanol–water partition coefficient (Wildman–Crippen LogP) is 5.11. The predicted molar refractivity (Wildman–Crippen MR) is 157 cm³/mol. The molecule has 0 radical (unpaired) electrons. The normalized spacial score (nSPS) is 15.6. The van der Waals surface area contributed by atoms with E-state index in [1.807, 2.05) is 72.8 Å². The first-order chi connectivity index (χ1) is 17.7. The number of nitrogens with zero attached hydrogens (tertiary/aromatic N) is 1. The largest absolute Gasteiger partial charge is 0.481 e. The molecular weight excluding hydrogens is 514 g/mol. The molecule has 1 fully saturated rings.